The van der Waals surface area contributed by atoms with Crippen LogP contribution in [0.2, 0.25) is 0 Å². The summed E-state index contributed by atoms with van der Waals surface area (Å²) < 4.78 is 0. The smallest absolute Gasteiger partial charge is 0.269 e. The fraction of sp³-hybridized carbons (Fsp3) is 0.409. The van der Waals surface area contributed by atoms with Crippen LogP contribution >= 0.6 is 0 Å². The molecule has 2 aromatic rings. The first kappa shape index (κ1) is 20.0. The van der Waals surface area contributed by atoms with E-state index in [2.05, 4.69) is 46.4 Å². The molecule has 1 fully saturated rings. The molecule has 0 saturated carbocycles. The van der Waals surface area contributed by atoms with Gasteiger partial charge in [-0.25, -0.2) is 0 Å². The first-order valence-corrected chi connectivity index (χ1v) is 9.97. The van der Waals surface area contributed by atoms with Crippen LogP contribution in [0.5, 0.6) is 0 Å². The topological polar surface area (TPSA) is 65.5 Å². The van der Waals surface area contributed by atoms with Crippen molar-refractivity contribution in [3.05, 3.63) is 65.5 Å². The minimum atomic E-state index is -0.226. The van der Waals surface area contributed by atoms with Crippen LogP contribution in [-0.2, 0) is 6.54 Å². The van der Waals surface area contributed by atoms with Gasteiger partial charge >= 0.3 is 0 Å². The lowest BCUT2D eigenvalue weighted by Crippen LogP contribution is -2.48. The van der Waals surface area contributed by atoms with Crippen LogP contribution < -0.4 is 5.32 Å². The second kappa shape index (κ2) is 9.99. The van der Waals surface area contributed by atoms with Crippen molar-refractivity contribution in [3.8, 4) is 0 Å². The molecular formula is C22H28N4O2. The summed E-state index contributed by atoms with van der Waals surface area (Å²) in [5.41, 5.74) is 2.10. The van der Waals surface area contributed by atoms with Gasteiger partial charge in [-0.3, -0.25) is 19.5 Å². The number of pyridine rings is 1. The summed E-state index contributed by atoms with van der Waals surface area (Å²) in [7, 11) is 0. The zero-order valence-electron chi connectivity index (χ0n) is 16.4. The molecule has 1 aliphatic heterocycles. The monoisotopic (exact) mass is 380 g/mol. The van der Waals surface area contributed by atoms with Gasteiger partial charge in [-0.2, -0.15) is 0 Å². The number of rotatable bonds is 7. The lowest BCUT2D eigenvalue weighted by Gasteiger charge is -2.34. The molecule has 2 amide bonds. The summed E-state index contributed by atoms with van der Waals surface area (Å²) in [4.78, 5) is 33.4. The molecule has 28 heavy (non-hydrogen) atoms. The Balaban J connectivity index is 1.55. The predicted molar refractivity (Wildman–Crippen MR) is 109 cm³/mol. The Labute approximate surface area is 166 Å². The van der Waals surface area contributed by atoms with Gasteiger partial charge in [0.25, 0.3) is 11.8 Å². The maximum Gasteiger partial charge on any atom is 0.269 e. The average Bonchev–Trinajstić information content (AvgIpc) is 2.75. The van der Waals surface area contributed by atoms with Crippen LogP contribution in [0, 0.1) is 0 Å². The van der Waals surface area contributed by atoms with Crippen molar-refractivity contribution in [1.29, 1.82) is 0 Å². The second-order valence-corrected chi connectivity index (χ2v) is 7.09. The third-order valence-electron chi connectivity index (χ3n) is 4.96. The van der Waals surface area contributed by atoms with Crippen LogP contribution in [0.3, 0.4) is 0 Å². The predicted octanol–water partition coefficient (Wildman–Crippen LogP) is 2.57. The molecule has 0 radical (unpaired) electrons. The molecule has 0 aliphatic carbocycles. The Morgan fingerprint density at radius 3 is 2.54 bits per heavy atom. The van der Waals surface area contributed by atoms with Crippen molar-refractivity contribution in [2.24, 2.45) is 0 Å². The molecule has 0 bridgehead atoms. The number of nitrogens with one attached hydrogen (secondary N) is 1. The van der Waals surface area contributed by atoms with Crippen molar-refractivity contribution in [2.75, 3.05) is 32.7 Å². The third kappa shape index (κ3) is 5.39. The van der Waals surface area contributed by atoms with Gasteiger partial charge in [0.1, 0.15) is 5.69 Å². The van der Waals surface area contributed by atoms with Crippen molar-refractivity contribution in [3.63, 3.8) is 0 Å². The molecule has 6 heteroatoms. The summed E-state index contributed by atoms with van der Waals surface area (Å²) in [6.45, 7) is 6.66. The van der Waals surface area contributed by atoms with E-state index in [9.17, 15) is 9.59 Å². The number of nitrogens with zero attached hydrogens (tertiary/aromatic N) is 3. The maximum atomic E-state index is 12.8. The summed E-state index contributed by atoms with van der Waals surface area (Å²) in [5.74, 6) is -0.264. The van der Waals surface area contributed by atoms with Gasteiger partial charge in [-0.15, -0.1) is 0 Å². The summed E-state index contributed by atoms with van der Waals surface area (Å²) >= 11 is 0. The fourth-order valence-corrected chi connectivity index (χ4v) is 3.29. The van der Waals surface area contributed by atoms with Gasteiger partial charge in [0, 0.05) is 51.0 Å². The molecule has 0 unspecified atom stereocenters. The molecule has 0 spiro atoms. The average molecular weight is 380 g/mol. The molecule has 3 rings (SSSR count). The highest BCUT2D eigenvalue weighted by Gasteiger charge is 2.23. The number of benzene rings is 1. The highest BCUT2D eigenvalue weighted by molar-refractivity contribution is 5.98. The van der Waals surface area contributed by atoms with Crippen molar-refractivity contribution < 1.29 is 9.59 Å². The van der Waals surface area contributed by atoms with Crippen molar-refractivity contribution in [2.45, 2.75) is 26.3 Å². The summed E-state index contributed by atoms with van der Waals surface area (Å²) in [6.07, 6.45) is 3.48. The van der Waals surface area contributed by atoms with E-state index >= 15 is 0 Å². The van der Waals surface area contributed by atoms with Crippen LogP contribution in [-0.4, -0.2) is 59.3 Å². The molecular weight excluding hydrogens is 352 g/mol. The minimum absolute atomic E-state index is 0.0376. The SMILES string of the molecule is CCCCNC(=O)c1cc(C(=O)N2CCN(Cc3ccccc3)CC2)ccn1. The standard InChI is InChI=1S/C22H28N4O2/c1-2-3-10-24-21(27)20-16-19(9-11-23-20)22(28)26-14-12-25(13-15-26)17-18-7-5-4-6-8-18/h4-9,11,16H,2-3,10,12-15,17H2,1H3,(H,24,27). The number of unbranched alkanes of at least 4 members (excludes halogenated alkanes) is 1. The fourth-order valence-electron chi connectivity index (χ4n) is 3.29. The van der Waals surface area contributed by atoms with E-state index in [1.807, 2.05) is 11.0 Å². The Bertz CT molecular complexity index is 786. The molecule has 1 N–H and O–H groups in total. The number of carbonyl (C=O) groups excluding carboxylic acids is 2. The summed E-state index contributed by atoms with van der Waals surface area (Å²) in [5, 5.41) is 2.84. The second-order valence-electron chi connectivity index (χ2n) is 7.09. The lowest BCUT2D eigenvalue weighted by molar-refractivity contribution is 0.0628. The van der Waals surface area contributed by atoms with E-state index < -0.39 is 0 Å². The largest absolute Gasteiger partial charge is 0.351 e. The van der Waals surface area contributed by atoms with Gasteiger partial charge in [0.15, 0.2) is 0 Å². The van der Waals surface area contributed by atoms with Crippen molar-refractivity contribution >= 4 is 11.8 Å². The molecule has 1 aliphatic rings. The maximum absolute atomic E-state index is 12.8. The van der Waals surface area contributed by atoms with Gasteiger partial charge in [0.05, 0.1) is 0 Å². The number of aromatic nitrogens is 1. The van der Waals surface area contributed by atoms with E-state index in [0.717, 1.165) is 32.5 Å². The molecule has 6 nitrogen and oxygen atoms in total. The van der Waals surface area contributed by atoms with E-state index in [0.29, 0.717) is 30.9 Å². The van der Waals surface area contributed by atoms with E-state index in [-0.39, 0.29) is 11.8 Å². The Morgan fingerprint density at radius 2 is 1.82 bits per heavy atom. The molecule has 1 saturated heterocycles. The Morgan fingerprint density at radius 1 is 1.07 bits per heavy atom. The van der Waals surface area contributed by atoms with Crippen LogP contribution in [0.4, 0.5) is 0 Å². The molecule has 0 atom stereocenters. The third-order valence-corrected chi connectivity index (χ3v) is 4.96. The highest BCUT2D eigenvalue weighted by atomic mass is 16.2. The molecule has 148 valence electrons. The quantitative estimate of drug-likeness (QED) is 0.750. The first-order valence-electron chi connectivity index (χ1n) is 9.97. The van der Waals surface area contributed by atoms with Crippen LogP contribution in [0.15, 0.2) is 48.7 Å². The Hall–Kier alpha value is -2.73. The molecule has 1 aromatic heterocycles. The number of hydrogen-bond donors (Lipinski definition) is 1. The van der Waals surface area contributed by atoms with Gasteiger partial charge < -0.3 is 10.2 Å². The van der Waals surface area contributed by atoms with E-state index in [1.165, 1.54) is 11.8 Å². The van der Waals surface area contributed by atoms with Crippen LogP contribution in [0.25, 0.3) is 0 Å². The first-order chi connectivity index (χ1) is 13.7. The lowest BCUT2D eigenvalue weighted by atomic mass is 10.1. The van der Waals surface area contributed by atoms with Crippen molar-refractivity contribution in [1.82, 2.24) is 20.1 Å². The number of amides is 2. The van der Waals surface area contributed by atoms with E-state index in [1.54, 1.807) is 12.1 Å². The van der Waals surface area contributed by atoms with Gasteiger partial charge in [0.2, 0.25) is 0 Å². The normalized spacial score (nSPS) is 14.7. The van der Waals surface area contributed by atoms with Gasteiger partial charge in [-0.05, 0) is 24.1 Å². The van der Waals surface area contributed by atoms with E-state index in [4.69, 9.17) is 0 Å². The van der Waals surface area contributed by atoms with Crippen LogP contribution in [0.1, 0.15) is 46.2 Å². The Kier molecular flexibility index (Phi) is 7.14. The molecule has 2 heterocycles. The highest BCUT2D eigenvalue weighted by Crippen LogP contribution is 2.12. The number of carbonyl (C=O) groups is 2. The molecule has 1 aromatic carbocycles. The number of hydrogen-bond acceptors (Lipinski definition) is 4. The minimum Gasteiger partial charge on any atom is -0.351 e. The number of piperazine rings is 1. The van der Waals surface area contributed by atoms with Gasteiger partial charge in [-0.1, -0.05) is 43.7 Å². The zero-order valence-corrected chi connectivity index (χ0v) is 16.4. The zero-order chi connectivity index (χ0) is 19.8. The summed E-state index contributed by atoms with van der Waals surface area (Å²) in [6, 6.07) is 13.7.